The minimum Gasteiger partial charge on any atom is -0.445 e. The maximum Gasteiger partial charge on any atom is 0.404 e. The lowest BCUT2D eigenvalue weighted by Gasteiger charge is -2.30. The highest BCUT2D eigenvalue weighted by Crippen LogP contribution is 2.15. The predicted molar refractivity (Wildman–Crippen MR) is 79.6 cm³/mol. The molecule has 1 aliphatic rings. The Hall–Kier alpha value is -1.11. The van der Waals surface area contributed by atoms with Crippen LogP contribution >= 0.6 is 15.9 Å². The molecule has 5 nitrogen and oxygen atoms in total. The van der Waals surface area contributed by atoms with Crippen LogP contribution in [0.25, 0.3) is 0 Å². The van der Waals surface area contributed by atoms with Crippen LogP contribution in [0.1, 0.15) is 5.56 Å². The Morgan fingerprint density at radius 1 is 1.45 bits per heavy atom. The van der Waals surface area contributed by atoms with E-state index in [1.165, 1.54) is 0 Å². The van der Waals surface area contributed by atoms with Crippen molar-refractivity contribution in [2.75, 3.05) is 32.8 Å². The molecule has 1 saturated heterocycles. The summed E-state index contributed by atoms with van der Waals surface area (Å²) in [7, 11) is 0. The first kappa shape index (κ1) is 15.3. The third kappa shape index (κ3) is 5.11. The second kappa shape index (κ2) is 7.61. The van der Waals surface area contributed by atoms with Crippen molar-refractivity contribution in [1.29, 1.82) is 0 Å². The van der Waals surface area contributed by atoms with Crippen LogP contribution in [0.2, 0.25) is 0 Å². The summed E-state index contributed by atoms with van der Waals surface area (Å²) in [5.74, 6) is 0. The van der Waals surface area contributed by atoms with Crippen molar-refractivity contribution in [3.8, 4) is 0 Å². The van der Waals surface area contributed by atoms with Gasteiger partial charge in [0.15, 0.2) is 0 Å². The van der Waals surface area contributed by atoms with Crippen molar-refractivity contribution in [2.24, 2.45) is 5.73 Å². The number of nitrogens with two attached hydrogens (primary N) is 1. The summed E-state index contributed by atoms with van der Waals surface area (Å²) in [6, 6.07) is 7.98. The lowest BCUT2D eigenvalue weighted by atomic mass is 10.1. The summed E-state index contributed by atoms with van der Waals surface area (Å²) in [6.07, 6.45) is -0.308. The summed E-state index contributed by atoms with van der Waals surface area (Å²) in [6.45, 7) is 3.84. The summed E-state index contributed by atoms with van der Waals surface area (Å²) >= 11 is 3.44. The van der Waals surface area contributed by atoms with Gasteiger partial charge in [-0.2, -0.15) is 0 Å². The fourth-order valence-corrected chi connectivity index (χ4v) is 2.75. The molecule has 0 radical (unpaired) electrons. The van der Waals surface area contributed by atoms with Crippen LogP contribution in [-0.2, 0) is 15.9 Å². The SMILES string of the molecule is NC(=O)OC(Cc1cccc(Br)c1)CN1CCOCC1. The van der Waals surface area contributed by atoms with Gasteiger partial charge < -0.3 is 15.2 Å². The molecule has 1 atom stereocenters. The summed E-state index contributed by atoms with van der Waals surface area (Å²) in [4.78, 5) is 13.3. The van der Waals surface area contributed by atoms with Gasteiger partial charge in [0.25, 0.3) is 0 Å². The molecular formula is C14H19BrN2O3. The second-order valence-corrected chi connectivity index (χ2v) is 5.72. The topological polar surface area (TPSA) is 64.8 Å². The number of primary amides is 1. The van der Waals surface area contributed by atoms with Crippen LogP contribution < -0.4 is 5.73 Å². The standard InChI is InChI=1S/C14H19BrN2O3/c15-12-3-1-2-11(8-12)9-13(20-14(16)18)10-17-4-6-19-7-5-17/h1-3,8,13H,4-7,9-10H2,(H2,16,18). The minimum atomic E-state index is -0.724. The third-order valence-corrected chi connectivity index (χ3v) is 3.69. The van der Waals surface area contributed by atoms with Crippen LogP contribution in [0.5, 0.6) is 0 Å². The Balaban J connectivity index is 1.97. The van der Waals surface area contributed by atoms with Gasteiger partial charge in [-0.1, -0.05) is 28.1 Å². The molecule has 0 saturated carbocycles. The van der Waals surface area contributed by atoms with Crippen molar-refractivity contribution in [3.05, 3.63) is 34.3 Å². The molecule has 6 heteroatoms. The zero-order valence-electron chi connectivity index (χ0n) is 11.3. The van der Waals surface area contributed by atoms with E-state index in [0.29, 0.717) is 13.0 Å². The number of halogens is 1. The van der Waals surface area contributed by atoms with E-state index in [-0.39, 0.29) is 6.10 Å². The number of hydrogen-bond acceptors (Lipinski definition) is 4. The highest BCUT2D eigenvalue weighted by molar-refractivity contribution is 9.10. The normalized spacial score (nSPS) is 17.6. The Labute approximate surface area is 127 Å². The van der Waals surface area contributed by atoms with E-state index in [1.807, 2.05) is 24.3 Å². The lowest BCUT2D eigenvalue weighted by Crippen LogP contribution is -2.43. The van der Waals surface area contributed by atoms with Crippen molar-refractivity contribution >= 4 is 22.0 Å². The quantitative estimate of drug-likeness (QED) is 0.885. The number of rotatable bonds is 5. The second-order valence-electron chi connectivity index (χ2n) is 4.81. The molecule has 110 valence electrons. The van der Waals surface area contributed by atoms with Crippen molar-refractivity contribution < 1.29 is 14.3 Å². The minimum absolute atomic E-state index is 0.236. The number of carbonyl (C=O) groups is 1. The molecule has 1 aliphatic heterocycles. The van der Waals surface area contributed by atoms with E-state index >= 15 is 0 Å². The van der Waals surface area contributed by atoms with E-state index in [2.05, 4.69) is 20.8 Å². The molecule has 0 bridgehead atoms. The van der Waals surface area contributed by atoms with E-state index in [1.54, 1.807) is 0 Å². The Morgan fingerprint density at radius 3 is 2.85 bits per heavy atom. The van der Waals surface area contributed by atoms with Crippen LogP contribution in [0.3, 0.4) is 0 Å². The number of morpholine rings is 1. The molecule has 1 heterocycles. The van der Waals surface area contributed by atoms with Gasteiger partial charge in [0.1, 0.15) is 6.10 Å². The van der Waals surface area contributed by atoms with Gasteiger partial charge in [-0.05, 0) is 17.7 Å². The molecule has 1 amide bonds. The number of hydrogen-bond donors (Lipinski definition) is 1. The molecule has 20 heavy (non-hydrogen) atoms. The zero-order valence-corrected chi connectivity index (χ0v) is 12.8. The predicted octanol–water partition coefficient (Wildman–Crippen LogP) is 1.79. The molecule has 2 N–H and O–H groups in total. The summed E-state index contributed by atoms with van der Waals surface area (Å²) in [5.41, 5.74) is 6.28. The fourth-order valence-electron chi connectivity index (χ4n) is 2.31. The van der Waals surface area contributed by atoms with Gasteiger partial charge in [0.05, 0.1) is 13.2 Å². The Kier molecular flexibility index (Phi) is 5.82. The largest absolute Gasteiger partial charge is 0.445 e. The smallest absolute Gasteiger partial charge is 0.404 e. The molecule has 0 aromatic heterocycles. The van der Waals surface area contributed by atoms with Crippen LogP contribution in [-0.4, -0.2) is 49.9 Å². The molecule has 1 aromatic carbocycles. The third-order valence-electron chi connectivity index (χ3n) is 3.20. The lowest BCUT2D eigenvalue weighted by molar-refractivity contribution is 0.0105. The molecule has 0 aliphatic carbocycles. The zero-order chi connectivity index (χ0) is 14.4. The number of nitrogens with zero attached hydrogens (tertiary/aromatic N) is 1. The van der Waals surface area contributed by atoms with Crippen molar-refractivity contribution in [3.63, 3.8) is 0 Å². The van der Waals surface area contributed by atoms with Gasteiger partial charge in [-0.25, -0.2) is 4.79 Å². The Bertz CT molecular complexity index is 450. The van der Waals surface area contributed by atoms with E-state index in [0.717, 1.165) is 36.3 Å². The van der Waals surface area contributed by atoms with Gasteiger partial charge in [0, 0.05) is 30.5 Å². The first-order chi connectivity index (χ1) is 9.63. The van der Waals surface area contributed by atoms with Gasteiger partial charge in [-0.15, -0.1) is 0 Å². The molecule has 0 spiro atoms. The first-order valence-electron chi connectivity index (χ1n) is 6.64. The number of benzene rings is 1. The highest BCUT2D eigenvalue weighted by atomic mass is 79.9. The van der Waals surface area contributed by atoms with E-state index < -0.39 is 6.09 Å². The average Bonchev–Trinajstić information content (AvgIpc) is 2.39. The molecule has 2 rings (SSSR count). The Morgan fingerprint density at radius 2 is 2.20 bits per heavy atom. The highest BCUT2D eigenvalue weighted by Gasteiger charge is 2.19. The van der Waals surface area contributed by atoms with Crippen LogP contribution in [0, 0.1) is 0 Å². The maximum absolute atomic E-state index is 11.1. The van der Waals surface area contributed by atoms with Crippen LogP contribution in [0.4, 0.5) is 4.79 Å². The average molecular weight is 343 g/mol. The first-order valence-corrected chi connectivity index (χ1v) is 7.43. The van der Waals surface area contributed by atoms with E-state index in [4.69, 9.17) is 15.2 Å². The van der Waals surface area contributed by atoms with Crippen molar-refractivity contribution in [1.82, 2.24) is 4.90 Å². The molecule has 1 unspecified atom stereocenters. The molecule has 1 fully saturated rings. The number of ether oxygens (including phenoxy) is 2. The number of carbonyl (C=O) groups excluding carboxylic acids is 1. The van der Waals surface area contributed by atoms with Crippen LogP contribution in [0.15, 0.2) is 28.7 Å². The maximum atomic E-state index is 11.1. The molecule has 1 aromatic rings. The summed E-state index contributed by atoms with van der Waals surface area (Å²) in [5, 5.41) is 0. The molecular weight excluding hydrogens is 324 g/mol. The summed E-state index contributed by atoms with van der Waals surface area (Å²) < 4.78 is 11.6. The van der Waals surface area contributed by atoms with Gasteiger partial charge in [0.2, 0.25) is 0 Å². The van der Waals surface area contributed by atoms with Gasteiger partial charge >= 0.3 is 6.09 Å². The monoisotopic (exact) mass is 342 g/mol. The number of amides is 1. The van der Waals surface area contributed by atoms with Crippen molar-refractivity contribution in [2.45, 2.75) is 12.5 Å². The van der Waals surface area contributed by atoms with E-state index in [9.17, 15) is 4.79 Å². The van der Waals surface area contributed by atoms with Gasteiger partial charge in [-0.3, -0.25) is 4.90 Å². The fraction of sp³-hybridized carbons (Fsp3) is 0.500.